The summed E-state index contributed by atoms with van der Waals surface area (Å²) in [6.45, 7) is 1.74. The molecule has 0 fully saturated rings. The summed E-state index contributed by atoms with van der Waals surface area (Å²) in [5.74, 6) is -0.0503. The molecule has 0 unspecified atom stereocenters. The smallest absolute Gasteiger partial charge is 0.267 e. The van der Waals surface area contributed by atoms with Crippen LogP contribution in [0.25, 0.3) is 10.1 Å². The third-order valence-electron chi connectivity index (χ3n) is 4.77. The molecule has 0 radical (unpaired) electrons. The number of amides is 1. The maximum atomic E-state index is 13.0. The Labute approximate surface area is 205 Å². The van der Waals surface area contributed by atoms with E-state index < -0.39 is 15.9 Å². The SMILES string of the molecule is COc1ccccc1NS(=O)(=O)c1cc(C)cc(NC(=O)c2sc3cc(Cl)ccc3c2Cl)c1. The summed E-state index contributed by atoms with van der Waals surface area (Å²) in [5, 5.41) is 4.34. The Balaban J connectivity index is 1.63. The van der Waals surface area contributed by atoms with Gasteiger partial charge in [-0.1, -0.05) is 41.4 Å². The summed E-state index contributed by atoms with van der Waals surface area (Å²) in [7, 11) is -2.49. The molecule has 0 spiro atoms. The fourth-order valence-corrected chi connectivity index (χ4v) is 6.17. The van der Waals surface area contributed by atoms with Gasteiger partial charge in [-0.2, -0.15) is 0 Å². The van der Waals surface area contributed by atoms with E-state index in [4.69, 9.17) is 27.9 Å². The maximum absolute atomic E-state index is 13.0. The predicted molar refractivity (Wildman–Crippen MR) is 135 cm³/mol. The molecule has 0 aliphatic rings. The number of benzene rings is 3. The average Bonchev–Trinajstić information content (AvgIpc) is 3.09. The van der Waals surface area contributed by atoms with Crippen molar-refractivity contribution in [3.8, 4) is 5.75 Å². The molecule has 1 heterocycles. The number of hydrogen-bond acceptors (Lipinski definition) is 5. The summed E-state index contributed by atoms with van der Waals surface area (Å²) < 4.78 is 34.6. The maximum Gasteiger partial charge on any atom is 0.267 e. The average molecular weight is 521 g/mol. The molecule has 33 heavy (non-hydrogen) atoms. The zero-order chi connectivity index (χ0) is 23.8. The highest BCUT2D eigenvalue weighted by molar-refractivity contribution is 7.92. The Morgan fingerprint density at radius 3 is 2.55 bits per heavy atom. The Kier molecular flexibility index (Phi) is 6.54. The highest BCUT2D eigenvalue weighted by atomic mass is 35.5. The molecule has 0 saturated heterocycles. The Bertz CT molecular complexity index is 1480. The number of carbonyl (C=O) groups excluding carboxylic acids is 1. The standard InChI is InChI=1S/C23H18Cl2N2O4S2/c1-13-9-15(26-23(28)22-21(25)17-8-7-14(24)11-20(17)32-22)12-16(10-13)33(29,30)27-18-5-3-4-6-19(18)31-2/h3-12,27H,1-2H3,(H,26,28). The molecule has 0 bridgehead atoms. The van der Waals surface area contributed by atoms with Gasteiger partial charge in [0.05, 0.1) is 22.7 Å². The molecule has 1 amide bonds. The molecule has 6 nitrogen and oxygen atoms in total. The van der Waals surface area contributed by atoms with Crippen LogP contribution >= 0.6 is 34.5 Å². The number of halogens is 2. The van der Waals surface area contributed by atoms with Crippen LogP contribution in [0.2, 0.25) is 10.0 Å². The summed E-state index contributed by atoms with van der Waals surface area (Å²) in [4.78, 5) is 13.2. The molecular formula is C23H18Cl2N2O4S2. The number of sulfonamides is 1. The van der Waals surface area contributed by atoms with Crippen LogP contribution in [0, 0.1) is 6.92 Å². The number of aryl methyl sites for hydroxylation is 1. The largest absolute Gasteiger partial charge is 0.495 e. The van der Waals surface area contributed by atoms with Crippen molar-refractivity contribution in [3.63, 3.8) is 0 Å². The minimum absolute atomic E-state index is 0.00192. The summed E-state index contributed by atoms with van der Waals surface area (Å²) in [6, 6.07) is 16.5. The van der Waals surface area contributed by atoms with E-state index in [9.17, 15) is 13.2 Å². The van der Waals surface area contributed by atoms with Gasteiger partial charge in [0.2, 0.25) is 0 Å². The van der Waals surface area contributed by atoms with Crippen molar-refractivity contribution in [1.29, 1.82) is 0 Å². The number of hydrogen-bond donors (Lipinski definition) is 2. The second-order valence-electron chi connectivity index (χ2n) is 7.18. The van der Waals surface area contributed by atoms with Gasteiger partial charge in [0.1, 0.15) is 10.6 Å². The first-order valence-corrected chi connectivity index (χ1v) is 12.7. The minimum atomic E-state index is -3.94. The number of para-hydroxylation sites is 2. The molecule has 10 heteroatoms. The summed E-state index contributed by atoms with van der Waals surface area (Å²) in [5.41, 5.74) is 1.29. The lowest BCUT2D eigenvalue weighted by Gasteiger charge is -2.13. The van der Waals surface area contributed by atoms with Gasteiger partial charge in [-0.15, -0.1) is 11.3 Å². The van der Waals surface area contributed by atoms with Crippen molar-refractivity contribution < 1.29 is 17.9 Å². The number of fused-ring (bicyclic) bond motifs is 1. The lowest BCUT2D eigenvalue weighted by atomic mass is 10.2. The highest BCUT2D eigenvalue weighted by Gasteiger charge is 2.21. The molecule has 1 aromatic heterocycles. The molecule has 170 valence electrons. The zero-order valence-corrected chi connectivity index (χ0v) is 20.6. The van der Waals surface area contributed by atoms with Crippen molar-refractivity contribution in [1.82, 2.24) is 0 Å². The van der Waals surface area contributed by atoms with Gasteiger partial charge in [-0.3, -0.25) is 9.52 Å². The van der Waals surface area contributed by atoms with Crippen LogP contribution in [0.4, 0.5) is 11.4 Å². The molecule has 0 saturated carbocycles. The van der Waals surface area contributed by atoms with Crippen LogP contribution in [0.3, 0.4) is 0 Å². The third kappa shape index (κ3) is 4.94. The first kappa shape index (κ1) is 23.4. The van der Waals surface area contributed by atoms with Gasteiger partial charge < -0.3 is 10.1 Å². The normalized spacial score (nSPS) is 11.4. The van der Waals surface area contributed by atoms with Crippen LogP contribution in [0.1, 0.15) is 15.2 Å². The van der Waals surface area contributed by atoms with E-state index in [2.05, 4.69) is 10.0 Å². The number of nitrogens with one attached hydrogen (secondary N) is 2. The first-order chi connectivity index (χ1) is 15.7. The number of thiophene rings is 1. The van der Waals surface area contributed by atoms with Crippen molar-refractivity contribution in [2.75, 3.05) is 17.1 Å². The van der Waals surface area contributed by atoms with E-state index >= 15 is 0 Å². The van der Waals surface area contributed by atoms with Crippen molar-refractivity contribution in [2.45, 2.75) is 11.8 Å². The van der Waals surface area contributed by atoms with Gasteiger partial charge in [0.25, 0.3) is 15.9 Å². The Morgan fingerprint density at radius 1 is 1.03 bits per heavy atom. The summed E-state index contributed by atoms with van der Waals surface area (Å²) in [6.07, 6.45) is 0. The van der Waals surface area contributed by atoms with Gasteiger partial charge in [0.15, 0.2) is 0 Å². The molecule has 3 aromatic carbocycles. The second-order valence-corrected chi connectivity index (χ2v) is 10.7. The Hall–Kier alpha value is -2.78. The van der Waals surface area contributed by atoms with E-state index in [1.54, 1.807) is 55.5 Å². The van der Waals surface area contributed by atoms with E-state index in [1.807, 2.05) is 0 Å². The van der Waals surface area contributed by atoms with Crippen LogP contribution < -0.4 is 14.8 Å². The predicted octanol–water partition coefficient (Wildman–Crippen LogP) is 6.58. The van der Waals surface area contributed by atoms with Crippen LogP contribution in [0.15, 0.2) is 65.6 Å². The molecule has 4 rings (SSSR count). The molecule has 4 aromatic rings. The number of rotatable bonds is 6. The lowest BCUT2D eigenvalue weighted by molar-refractivity contribution is 0.103. The summed E-state index contributed by atoms with van der Waals surface area (Å²) >= 11 is 13.7. The van der Waals surface area contributed by atoms with E-state index in [1.165, 1.54) is 30.6 Å². The molecule has 0 atom stereocenters. The minimum Gasteiger partial charge on any atom is -0.495 e. The molecule has 0 aliphatic carbocycles. The fraction of sp³-hybridized carbons (Fsp3) is 0.0870. The number of carbonyl (C=O) groups is 1. The zero-order valence-electron chi connectivity index (χ0n) is 17.5. The van der Waals surface area contributed by atoms with E-state index in [-0.39, 0.29) is 4.90 Å². The van der Waals surface area contributed by atoms with Crippen LogP contribution in [-0.2, 0) is 10.0 Å². The lowest BCUT2D eigenvalue weighted by Crippen LogP contribution is -2.15. The van der Waals surface area contributed by atoms with Crippen molar-refractivity contribution >= 4 is 71.9 Å². The first-order valence-electron chi connectivity index (χ1n) is 9.64. The van der Waals surface area contributed by atoms with E-state index in [0.717, 1.165) is 10.1 Å². The fourth-order valence-electron chi connectivity index (χ4n) is 3.28. The van der Waals surface area contributed by atoms with Gasteiger partial charge >= 0.3 is 0 Å². The number of methoxy groups -OCH3 is 1. The monoisotopic (exact) mass is 520 g/mol. The van der Waals surface area contributed by atoms with Gasteiger partial charge in [-0.05, 0) is 55.0 Å². The molecular weight excluding hydrogens is 503 g/mol. The van der Waals surface area contributed by atoms with Gasteiger partial charge in [-0.25, -0.2) is 8.42 Å². The van der Waals surface area contributed by atoms with E-state index in [0.29, 0.717) is 37.6 Å². The second kappa shape index (κ2) is 9.23. The quantitative estimate of drug-likeness (QED) is 0.300. The molecule has 0 aliphatic heterocycles. The van der Waals surface area contributed by atoms with Crippen LogP contribution in [-0.4, -0.2) is 21.4 Å². The van der Waals surface area contributed by atoms with Crippen LogP contribution in [0.5, 0.6) is 5.75 Å². The van der Waals surface area contributed by atoms with Gasteiger partial charge in [0, 0.05) is 20.8 Å². The Morgan fingerprint density at radius 2 is 1.79 bits per heavy atom. The topological polar surface area (TPSA) is 84.5 Å². The number of ether oxygens (including phenoxy) is 1. The third-order valence-corrected chi connectivity index (χ3v) is 8.00. The van der Waals surface area contributed by atoms with Crippen molar-refractivity contribution in [2.24, 2.45) is 0 Å². The van der Waals surface area contributed by atoms with Crippen molar-refractivity contribution in [3.05, 3.63) is 81.1 Å². The number of anilines is 2. The molecule has 2 N–H and O–H groups in total. The highest BCUT2D eigenvalue weighted by Crippen LogP contribution is 2.37.